The van der Waals surface area contributed by atoms with Gasteiger partial charge in [0, 0.05) is 11.1 Å². The monoisotopic (exact) mass is 494 g/mol. The average molecular weight is 495 g/mol. The molecule has 0 atom stereocenters. The van der Waals surface area contributed by atoms with E-state index in [9.17, 15) is 9.59 Å². The van der Waals surface area contributed by atoms with Crippen LogP contribution < -0.4 is 19.6 Å². The van der Waals surface area contributed by atoms with E-state index < -0.39 is 5.97 Å². The number of rotatable bonds is 10. The Kier molecular flexibility index (Phi) is 8.29. The summed E-state index contributed by atoms with van der Waals surface area (Å²) in [7, 11) is 0. The summed E-state index contributed by atoms with van der Waals surface area (Å²) in [6, 6.07) is 24.6. The van der Waals surface area contributed by atoms with Gasteiger partial charge in [0.05, 0.1) is 18.4 Å². The molecule has 0 saturated carbocycles. The van der Waals surface area contributed by atoms with Crippen molar-refractivity contribution in [2.75, 3.05) is 13.2 Å². The van der Waals surface area contributed by atoms with Crippen LogP contribution in [0.25, 0.3) is 10.8 Å². The van der Waals surface area contributed by atoms with Gasteiger partial charge in [-0.25, -0.2) is 10.2 Å². The normalized spacial score (nSPS) is 10.7. The third-order valence-electron chi connectivity index (χ3n) is 5.38. The lowest BCUT2D eigenvalue weighted by Crippen LogP contribution is -2.17. The zero-order valence-electron chi connectivity index (χ0n) is 20.3. The molecular weight excluding hydrogens is 468 g/mol. The first-order chi connectivity index (χ1) is 18.1. The van der Waals surface area contributed by atoms with Crippen molar-refractivity contribution in [3.05, 3.63) is 114 Å². The summed E-state index contributed by atoms with van der Waals surface area (Å²) in [5, 5.41) is 5.89. The first-order valence-electron chi connectivity index (χ1n) is 11.7. The molecule has 7 heteroatoms. The quantitative estimate of drug-likeness (QED) is 0.0992. The van der Waals surface area contributed by atoms with E-state index in [1.54, 1.807) is 60.7 Å². The Morgan fingerprint density at radius 2 is 1.54 bits per heavy atom. The summed E-state index contributed by atoms with van der Waals surface area (Å²) in [6.45, 7) is 6.42. The fourth-order valence-corrected chi connectivity index (χ4v) is 3.59. The Hall–Kier alpha value is -4.91. The molecule has 0 bridgehead atoms. The van der Waals surface area contributed by atoms with Crippen LogP contribution in [0.3, 0.4) is 0 Å². The summed E-state index contributed by atoms with van der Waals surface area (Å²) in [5.41, 5.74) is 3.89. The SMILES string of the molecule is C=CCOc1ccc(C(=O)N/N=C\c2c(OC(=O)c3ccc(OCC)cc3)ccc3ccccc23)cc1. The molecule has 0 spiro atoms. The van der Waals surface area contributed by atoms with Gasteiger partial charge in [-0.15, -0.1) is 0 Å². The number of esters is 1. The Labute approximate surface area is 215 Å². The maximum absolute atomic E-state index is 12.8. The molecule has 1 N–H and O–H groups in total. The number of ether oxygens (including phenoxy) is 3. The number of nitrogens with one attached hydrogen (secondary N) is 1. The smallest absolute Gasteiger partial charge is 0.343 e. The second kappa shape index (κ2) is 12.2. The van der Waals surface area contributed by atoms with Gasteiger partial charge >= 0.3 is 5.97 Å². The molecule has 0 unspecified atom stereocenters. The van der Waals surface area contributed by atoms with E-state index in [4.69, 9.17) is 14.2 Å². The van der Waals surface area contributed by atoms with Gasteiger partial charge in [0.15, 0.2) is 0 Å². The number of hydrogen-bond acceptors (Lipinski definition) is 6. The van der Waals surface area contributed by atoms with Crippen molar-refractivity contribution in [1.82, 2.24) is 5.43 Å². The number of amides is 1. The molecule has 0 aliphatic carbocycles. The molecule has 7 nitrogen and oxygen atoms in total. The molecular formula is C30H26N2O5. The predicted octanol–water partition coefficient (Wildman–Crippen LogP) is 5.79. The number of benzene rings is 4. The maximum Gasteiger partial charge on any atom is 0.343 e. The molecule has 4 aromatic rings. The van der Waals surface area contributed by atoms with E-state index >= 15 is 0 Å². The van der Waals surface area contributed by atoms with Crippen LogP contribution in [-0.4, -0.2) is 31.3 Å². The van der Waals surface area contributed by atoms with Crippen LogP contribution in [0.1, 0.15) is 33.2 Å². The number of carbonyl (C=O) groups is 2. The number of nitrogens with zero attached hydrogens (tertiary/aromatic N) is 1. The number of hydrazone groups is 1. The molecule has 186 valence electrons. The Morgan fingerprint density at radius 3 is 2.24 bits per heavy atom. The standard InChI is InChI=1S/C30H26N2O5/c1-3-19-36-25-14-9-22(10-15-25)29(33)32-31-20-27-26-8-6-5-7-21(26)13-18-28(27)37-30(34)23-11-16-24(17-12-23)35-4-2/h3,5-18,20H,1,4,19H2,2H3,(H,32,33)/b31-20-. The minimum absolute atomic E-state index is 0.319. The van der Waals surface area contributed by atoms with Crippen molar-refractivity contribution < 1.29 is 23.8 Å². The molecule has 0 aliphatic rings. The van der Waals surface area contributed by atoms with Crippen LogP contribution in [0.4, 0.5) is 0 Å². The van der Waals surface area contributed by atoms with Gasteiger partial charge in [0.1, 0.15) is 23.9 Å². The van der Waals surface area contributed by atoms with Crippen LogP contribution in [0, 0.1) is 0 Å². The molecule has 0 heterocycles. The molecule has 4 rings (SSSR count). The highest BCUT2D eigenvalue weighted by Gasteiger charge is 2.14. The van der Waals surface area contributed by atoms with Gasteiger partial charge in [0.2, 0.25) is 0 Å². The molecule has 0 saturated heterocycles. The Morgan fingerprint density at radius 1 is 0.865 bits per heavy atom. The minimum atomic E-state index is -0.518. The van der Waals surface area contributed by atoms with Crippen molar-refractivity contribution in [3.63, 3.8) is 0 Å². The molecule has 0 fully saturated rings. The minimum Gasteiger partial charge on any atom is -0.494 e. The number of fused-ring (bicyclic) bond motifs is 1. The lowest BCUT2D eigenvalue weighted by Gasteiger charge is -2.11. The van der Waals surface area contributed by atoms with Crippen LogP contribution in [0.15, 0.2) is 103 Å². The van der Waals surface area contributed by atoms with Crippen molar-refractivity contribution in [3.8, 4) is 17.2 Å². The fraction of sp³-hybridized carbons (Fsp3) is 0.100. The predicted molar refractivity (Wildman–Crippen MR) is 144 cm³/mol. The van der Waals surface area contributed by atoms with E-state index in [-0.39, 0.29) is 5.91 Å². The van der Waals surface area contributed by atoms with Crippen LogP contribution in [-0.2, 0) is 0 Å². The second-order valence-electron chi connectivity index (χ2n) is 7.87. The largest absolute Gasteiger partial charge is 0.494 e. The highest BCUT2D eigenvalue weighted by atomic mass is 16.5. The van der Waals surface area contributed by atoms with Gasteiger partial charge in [-0.3, -0.25) is 4.79 Å². The number of carbonyl (C=O) groups excluding carboxylic acids is 2. The van der Waals surface area contributed by atoms with Gasteiger partial charge in [-0.05, 0) is 72.3 Å². The molecule has 4 aromatic carbocycles. The van der Waals surface area contributed by atoms with E-state index in [1.165, 1.54) is 6.21 Å². The average Bonchev–Trinajstić information content (AvgIpc) is 2.93. The lowest BCUT2D eigenvalue weighted by atomic mass is 10.0. The zero-order chi connectivity index (χ0) is 26.0. The summed E-state index contributed by atoms with van der Waals surface area (Å²) in [4.78, 5) is 25.4. The van der Waals surface area contributed by atoms with Crippen LogP contribution in [0.5, 0.6) is 17.2 Å². The van der Waals surface area contributed by atoms with Crippen molar-refractivity contribution in [2.24, 2.45) is 5.10 Å². The van der Waals surface area contributed by atoms with E-state index in [2.05, 4.69) is 17.1 Å². The summed E-state index contributed by atoms with van der Waals surface area (Å²) in [6.07, 6.45) is 3.12. The van der Waals surface area contributed by atoms with E-state index in [1.807, 2.05) is 37.3 Å². The number of hydrogen-bond donors (Lipinski definition) is 1. The van der Waals surface area contributed by atoms with E-state index in [0.29, 0.717) is 47.2 Å². The van der Waals surface area contributed by atoms with Crippen molar-refractivity contribution in [1.29, 1.82) is 0 Å². The summed E-state index contributed by atoms with van der Waals surface area (Å²) in [5.74, 6) is 0.719. The van der Waals surface area contributed by atoms with Crippen LogP contribution >= 0.6 is 0 Å². The zero-order valence-corrected chi connectivity index (χ0v) is 20.3. The molecule has 37 heavy (non-hydrogen) atoms. The lowest BCUT2D eigenvalue weighted by molar-refractivity contribution is 0.0734. The Bertz CT molecular complexity index is 1430. The fourth-order valence-electron chi connectivity index (χ4n) is 3.59. The first-order valence-corrected chi connectivity index (χ1v) is 11.7. The molecule has 0 radical (unpaired) electrons. The van der Waals surface area contributed by atoms with Gasteiger partial charge < -0.3 is 14.2 Å². The molecule has 1 amide bonds. The van der Waals surface area contributed by atoms with E-state index in [0.717, 1.165) is 10.8 Å². The summed E-state index contributed by atoms with van der Waals surface area (Å²) >= 11 is 0. The van der Waals surface area contributed by atoms with Crippen LogP contribution in [0.2, 0.25) is 0 Å². The third-order valence-corrected chi connectivity index (χ3v) is 5.38. The van der Waals surface area contributed by atoms with Gasteiger partial charge in [0.25, 0.3) is 5.91 Å². The molecule has 0 aromatic heterocycles. The Balaban J connectivity index is 1.53. The van der Waals surface area contributed by atoms with Crippen molar-refractivity contribution >= 4 is 28.9 Å². The van der Waals surface area contributed by atoms with Gasteiger partial charge in [-0.1, -0.05) is 43.0 Å². The maximum atomic E-state index is 12.8. The van der Waals surface area contributed by atoms with Gasteiger partial charge in [-0.2, -0.15) is 5.10 Å². The third kappa shape index (κ3) is 6.41. The summed E-state index contributed by atoms with van der Waals surface area (Å²) < 4.78 is 16.6. The molecule has 0 aliphatic heterocycles. The highest BCUT2D eigenvalue weighted by molar-refractivity contribution is 6.04. The first kappa shape index (κ1) is 25.2. The topological polar surface area (TPSA) is 86.2 Å². The van der Waals surface area contributed by atoms with Crippen molar-refractivity contribution in [2.45, 2.75) is 6.92 Å². The second-order valence-corrected chi connectivity index (χ2v) is 7.87. The highest BCUT2D eigenvalue weighted by Crippen LogP contribution is 2.27.